The molecular formula is C30H27F2N5O5S. The number of rotatable bonds is 5. The van der Waals surface area contributed by atoms with Crippen LogP contribution in [-0.4, -0.2) is 61.1 Å². The highest BCUT2D eigenvalue weighted by atomic mass is 32.2. The Hall–Kier alpha value is -4.23. The molecule has 222 valence electrons. The largest absolute Gasteiger partial charge is 0.489 e. The molecule has 4 aromatic rings. The minimum atomic E-state index is -4.51. The number of amides is 1. The Labute approximate surface area is 246 Å². The predicted octanol–water partition coefficient (Wildman–Crippen LogP) is 4.14. The van der Waals surface area contributed by atoms with E-state index in [1.54, 1.807) is 12.3 Å². The number of carbonyl (C=O) groups is 1. The van der Waals surface area contributed by atoms with E-state index in [9.17, 15) is 22.0 Å². The lowest BCUT2D eigenvalue weighted by Crippen LogP contribution is -2.28. The average molecular weight is 608 g/mol. The molecule has 1 N–H and O–H groups in total. The van der Waals surface area contributed by atoms with Crippen molar-refractivity contribution >= 4 is 38.3 Å². The third kappa shape index (κ3) is 5.06. The molecule has 0 saturated carbocycles. The highest BCUT2D eigenvalue weighted by molar-refractivity contribution is 7.92. The van der Waals surface area contributed by atoms with Gasteiger partial charge in [0.25, 0.3) is 5.91 Å². The molecule has 13 heteroatoms. The standard InChI is InChI=1S/C30H27F2N5O5S/c31-23-9-19(10-25-28(23)42-7-5-26(32)43(25,39)40)30(38)35-14-22-11-24-18(12-33-22)3-4-27(36-24)37-6-1-2-17-8-20(13-34-29(17)37)21-15-41-16-21/h3-4,8-13,21,26H,1-2,5-7,14-16H2,(H,35,38)/t26-/m1/s1. The maximum absolute atomic E-state index is 14.7. The maximum Gasteiger partial charge on any atom is 0.251 e. The number of anilines is 2. The van der Waals surface area contributed by atoms with Crippen molar-refractivity contribution in [2.24, 2.45) is 0 Å². The third-order valence-electron chi connectivity index (χ3n) is 7.99. The van der Waals surface area contributed by atoms with Gasteiger partial charge in [-0.3, -0.25) is 9.78 Å². The van der Waals surface area contributed by atoms with Gasteiger partial charge < -0.3 is 19.7 Å². The molecule has 3 aromatic heterocycles. The molecule has 1 atom stereocenters. The van der Waals surface area contributed by atoms with Crippen LogP contribution in [0.4, 0.5) is 20.4 Å². The molecule has 0 bridgehead atoms. The Bertz CT molecular complexity index is 1870. The van der Waals surface area contributed by atoms with Crippen molar-refractivity contribution in [3.63, 3.8) is 0 Å². The molecular weight excluding hydrogens is 580 g/mol. The molecule has 0 aliphatic carbocycles. The van der Waals surface area contributed by atoms with Crippen LogP contribution in [0.15, 0.2) is 53.7 Å². The number of hydrogen-bond acceptors (Lipinski definition) is 9. The molecule has 1 aromatic carbocycles. The second-order valence-electron chi connectivity index (χ2n) is 10.8. The number of fused-ring (bicyclic) bond motifs is 3. The van der Waals surface area contributed by atoms with Gasteiger partial charge in [0.05, 0.1) is 37.6 Å². The van der Waals surface area contributed by atoms with Crippen molar-refractivity contribution in [3.8, 4) is 5.75 Å². The summed E-state index contributed by atoms with van der Waals surface area (Å²) in [6.45, 7) is 1.91. The Balaban J connectivity index is 1.11. The van der Waals surface area contributed by atoms with Crippen molar-refractivity contribution < 1.29 is 31.5 Å². The van der Waals surface area contributed by atoms with E-state index < -0.39 is 44.1 Å². The van der Waals surface area contributed by atoms with Crippen LogP contribution in [0.2, 0.25) is 0 Å². The fraction of sp³-hybridized carbons (Fsp3) is 0.333. The molecule has 43 heavy (non-hydrogen) atoms. The number of nitrogens with zero attached hydrogens (tertiary/aromatic N) is 4. The topological polar surface area (TPSA) is 124 Å². The van der Waals surface area contributed by atoms with Gasteiger partial charge >= 0.3 is 0 Å². The number of ether oxygens (including phenoxy) is 2. The molecule has 0 spiro atoms. The minimum absolute atomic E-state index is 0.0316. The molecule has 6 heterocycles. The van der Waals surface area contributed by atoms with Crippen LogP contribution in [0.25, 0.3) is 10.9 Å². The van der Waals surface area contributed by atoms with Gasteiger partial charge in [-0.1, -0.05) is 6.07 Å². The summed E-state index contributed by atoms with van der Waals surface area (Å²) in [5.74, 6) is -0.333. The number of nitrogens with one attached hydrogen (secondary N) is 1. The first kappa shape index (κ1) is 27.6. The first-order valence-electron chi connectivity index (χ1n) is 14.0. The van der Waals surface area contributed by atoms with Crippen molar-refractivity contribution in [2.45, 2.75) is 42.1 Å². The lowest BCUT2D eigenvalue weighted by Gasteiger charge is -2.31. The number of pyridine rings is 3. The van der Waals surface area contributed by atoms with Crippen LogP contribution in [0, 0.1) is 5.82 Å². The minimum Gasteiger partial charge on any atom is -0.489 e. The summed E-state index contributed by atoms with van der Waals surface area (Å²) < 4.78 is 64.5. The van der Waals surface area contributed by atoms with Crippen LogP contribution >= 0.6 is 0 Å². The lowest BCUT2D eigenvalue weighted by molar-refractivity contribution is 0.00826. The number of benzene rings is 1. The van der Waals surface area contributed by atoms with Crippen molar-refractivity contribution in [1.82, 2.24) is 20.3 Å². The number of carbonyl (C=O) groups excluding carboxylic acids is 1. The van der Waals surface area contributed by atoms with Crippen molar-refractivity contribution in [1.29, 1.82) is 0 Å². The SMILES string of the molecule is O=C(NCc1cc2nc(N3CCCc4cc(C5COC5)cnc43)ccc2cn1)c1cc(F)c2c(c1)S(=O)(=O)[C@@H](F)CCO2. The van der Waals surface area contributed by atoms with Gasteiger partial charge in [-0.25, -0.2) is 27.2 Å². The highest BCUT2D eigenvalue weighted by Crippen LogP contribution is 2.36. The van der Waals surface area contributed by atoms with Gasteiger partial charge in [-0.05, 0) is 54.3 Å². The van der Waals surface area contributed by atoms with Crippen LogP contribution in [0.1, 0.15) is 45.9 Å². The summed E-state index contributed by atoms with van der Waals surface area (Å²) in [6.07, 6.45) is 5.05. The van der Waals surface area contributed by atoms with Crippen molar-refractivity contribution in [2.75, 3.05) is 31.3 Å². The molecule has 1 saturated heterocycles. The summed E-state index contributed by atoms with van der Waals surface area (Å²) >= 11 is 0. The maximum atomic E-state index is 14.7. The number of hydrogen-bond donors (Lipinski definition) is 1. The monoisotopic (exact) mass is 607 g/mol. The zero-order valence-corrected chi connectivity index (χ0v) is 23.7. The fourth-order valence-electron chi connectivity index (χ4n) is 5.52. The van der Waals surface area contributed by atoms with Crippen LogP contribution in [-0.2, 0) is 27.5 Å². The highest BCUT2D eigenvalue weighted by Gasteiger charge is 2.35. The number of sulfone groups is 1. The smallest absolute Gasteiger partial charge is 0.251 e. The normalized spacial score (nSPS) is 19.5. The second-order valence-corrected chi connectivity index (χ2v) is 12.9. The molecule has 1 amide bonds. The fourth-order valence-corrected chi connectivity index (χ4v) is 6.91. The van der Waals surface area contributed by atoms with Crippen molar-refractivity contribution in [3.05, 3.63) is 77.0 Å². The zero-order chi connectivity index (χ0) is 29.7. The summed E-state index contributed by atoms with van der Waals surface area (Å²) in [6, 6.07) is 9.65. The molecule has 3 aliphatic rings. The first-order chi connectivity index (χ1) is 20.8. The van der Waals surface area contributed by atoms with Gasteiger partial charge in [0.2, 0.25) is 15.3 Å². The molecule has 0 radical (unpaired) electrons. The number of alkyl halides is 1. The van der Waals surface area contributed by atoms with Gasteiger partial charge in [0.1, 0.15) is 16.5 Å². The van der Waals surface area contributed by atoms with E-state index in [2.05, 4.69) is 21.3 Å². The Kier molecular flexibility index (Phi) is 6.93. The lowest BCUT2D eigenvalue weighted by atomic mass is 9.95. The molecule has 0 unspecified atom stereocenters. The second kappa shape index (κ2) is 10.8. The van der Waals surface area contributed by atoms with Crippen LogP contribution in [0.3, 0.4) is 0 Å². The third-order valence-corrected chi connectivity index (χ3v) is 9.81. The van der Waals surface area contributed by atoms with E-state index in [4.69, 9.17) is 19.4 Å². The Morgan fingerprint density at radius 1 is 1.12 bits per heavy atom. The zero-order valence-electron chi connectivity index (χ0n) is 22.9. The molecule has 10 nitrogen and oxygen atoms in total. The average Bonchev–Trinajstić information content (AvgIpc) is 3.09. The van der Waals surface area contributed by atoms with Gasteiger partial charge in [-0.2, -0.15) is 0 Å². The van der Waals surface area contributed by atoms with E-state index in [0.717, 1.165) is 61.8 Å². The van der Waals surface area contributed by atoms with E-state index in [0.29, 0.717) is 17.1 Å². The van der Waals surface area contributed by atoms with Crippen LogP contribution < -0.4 is 15.0 Å². The summed E-state index contributed by atoms with van der Waals surface area (Å²) in [7, 11) is -4.51. The van der Waals surface area contributed by atoms with E-state index in [1.165, 1.54) is 11.1 Å². The van der Waals surface area contributed by atoms with E-state index in [1.807, 2.05) is 18.3 Å². The predicted molar refractivity (Wildman–Crippen MR) is 152 cm³/mol. The van der Waals surface area contributed by atoms with Crippen LogP contribution in [0.5, 0.6) is 5.75 Å². The Morgan fingerprint density at radius 3 is 2.79 bits per heavy atom. The summed E-state index contributed by atoms with van der Waals surface area (Å²) in [5.41, 5.74) is 1.02. The number of halogens is 2. The first-order valence-corrected chi connectivity index (χ1v) is 15.5. The molecule has 7 rings (SSSR count). The summed E-state index contributed by atoms with van der Waals surface area (Å²) in [5, 5.41) is 3.44. The van der Waals surface area contributed by atoms with Gasteiger partial charge in [0, 0.05) is 42.2 Å². The van der Waals surface area contributed by atoms with Gasteiger partial charge in [-0.15, -0.1) is 0 Å². The molecule has 1 fully saturated rings. The van der Waals surface area contributed by atoms with Gasteiger partial charge in [0.15, 0.2) is 11.6 Å². The number of aromatic nitrogens is 3. The Morgan fingerprint density at radius 2 is 1.98 bits per heavy atom. The summed E-state index contributed by atoms with van der Waals surface area (Å²) in [4.78, 5) is 28.4. The number of aryl methyl sites for hydroxylation is 1. The molecule has 3 aliphatic heterocycles. The van der Waals surface area contributed by atoms with E-state index in [-0.39, 0.29) is 18.7 Å². The van der Waals surface area contributed by atoms with E-state index >= 15 is 0 Å². The quantitative estimate of drug-likeness (QED) is 0.357.